The van der Waals surface area contributed by atoms with Crippen molar-refractivity contribution in [3.63, 3.8) is 0 Å². The fourth-order valence-corrected chi connectivity index (χ4v) is 3.18. The Morgan fingerprint density at radius 3 is 2.67 bits per heavy atom. The molecule has 0 radical (unpaired) electrons. The van der Waals surface area contributed by atoms with Gasteiger partial charge in [-0.2, -0.15) is 0 Å². The Morgan fingerprint density at radius 2 is 1.96 bits per heavy atom. The summed E-state index contributed by atoms with van der Waals surface area (Å²) in [6, 6.07) is 5.81. The predicted molar refractivity (Wildman–Crippen MR) is 94.3 cm³/mol. The normalized spacial score (nSPS) is 10.8. The number of amides is 2. The lowest BCUT2D eigenvalue weighted by atomic mass is 10.1. The number of imidazole rings is 1. The first-order valence-corrected chi connectivity index (χ1v) is 8.45. The second kappa shape index (κ2) is 6.84. The lowest BCUT2D eigenvalue weighted by Gasteiger charge is -2.11. The van der Waals surface area contributed by atoms with E-state index < -0.39 is 0 Å². The molecule has 6 nitrogen and oxygen atoms in total. The Bertz CT molecular complexity index is 848. The number of carbonyl (C=O) groups is 2. The molecule has 0 spiro atoms. The molecule has 24 heavy (non-hydrogen) atoms. The average molecular weight is 342 g/mol. The van der Waals surface area contributed by atoms with Crippen molar-refractivity contribution < 1.29 is 9.59 Å². The maximum absolute atomic E-state index is 12.0. The number of aromatic nitrogens is 2. The summed E-state index contributed by atoms with van der Waals surface area (Å²) in [5.41, 5.74) is 3.47. The number of carbonyl (C=O) groups excluding carboxylic acids is 2. The smallest absolute Gasteiger partial charge is 0.243 e. The first-order valence-electron chi connectivity index (χ1n) is 7.57. The molecule has 0 unspecified atom stereocenters. The van der Waals surface area contributed by atoms with Gasteiger partial charge in [-0.25, -0.2) is 4.98 Å². The van der Waals surface area contributed by atoms with Gasteiger partial charge in [0.25, 0.3) is 0 Å². The Balaban J connectivity index is 1.52. The van der Waals surface area contributed by atoms with Crippen LogP contribution >= 0.6 is 11.3 Å². The highest BCUT2D eigenvalue weighted by Crippen LogP contribution is 2.19. The predicted octanol–water partition coefficient (Wildman–Crippen LogP) is 2.31. The summed E-state index contributed by atoms with van der Waals surface area (Å²) in [6.45, 7) is 3.81. The highest BCUT2D eigenvalue weighted by molar-refractivity contribution is 7.15. The third-order valence-electron chi connectivity index (χ3n) is 3.68. The van der Waals surface area contributed by atoms with Gasteiger partial charge in [-0.1, -0.05) is 18.2 Å². The largest absolute Gasteiger partial charge is 0.347 e. The lowest BCUT2D eigenvalue weighted by Crippen LogP contribution is -2.34. The summed E-state index contributed by atoms with van der Waals surface area (Å²) in [6.07, 6.45) is 3.87. The quantitative estimate of drug-likeness (QED) is 0.747. The van der Waals surface area contributed by atoms with Crippen LogP contribution in [0.5, 0.6) is 0 Å². The van der Waals surface area contributed by atoms with Crippen molar-refractivity contribution in [3.8, 4) is 0 Å². The maximum Gasteiger partial charge on any atom is 0.243 e. The molecule has 2 amide bonds. The van der Waals surface area contributed by atoms with Crippen molar-refractivity contribution in [3.05, 3.63) is 52.8 Å². The molecule has 0 bridgehead atoms. The van der Waals surface area contributed by atoms with Gasteiger partial charge in [0.1, 0.15) is 0 Å². The summed E-state index contributed by atoms with van der Waals surface area (Å²) in [5.74, 6) is -0.469. The van der Waals surface area contributed by atoms with Crippen molar-refractivity contribution in [2.75, 3.05) is 11.9 Å². The summed E-state index contributed by atoms with van der Waals surface area (Å²) in [5, 5.41) is 7.41. The van der Waals surface area contributed by atoms with Gasteiger partial charge in [0.2, 0.25) is 11.8 Å². The molecular weight excluding hydrogens is 324 g/mol. The van der Waals surface area contributed by atoms with Crippen LogP contribution in [0.1, 0.15) is 16.8 Å². The van der Waals surface area contributed by atoms with Gasteiger partial charge in [-0.05, 0) is 25.0 Å². The van der Waals surface area contributed by atoms with E-state index in [1.165, 1.54) is 11.3 Å². The molecule has 0 atom stereocenters. The number of aryl methyl sites for hydroxylation is 2. The standard InChI is InChI=1S/C17H18N4O2S/c1-11-4-3-5-12(2)16(11)20-15(23)9-18-14(22)8-13-10-21-6-7-24-17(21)19-13/h3-7,10H,8-9H2,1-2H3,(H,18,22)(H,20,23). The number of nitrogens with zero attached hydrogens (tertiary/aromatic N) is 2. The third-order valence-corrected chi connectivity index (χ3v) is 4.45. The molecule has 0 aliphatic rings. The minimum atomic E-state index is -0.244. The van der Waals surface area contributed by atoms with E-state index in [1.807, 2.05) is 54.2 Å². The number of rotatable bonds is 5. The number of para-hydroxylation sites is 1. The van der Waals surface area contributed by atoms with Crippen LogP contribution in [0.25, 0.3) is 4.96 Å². The molecule has 1 aromatic carbocycles. The second-order valence-electron chi connectivity index (χ2n) is 5.59. The monoisotopic (exact) mass is 342 g/mol. The molecule has 2 aromatic heterocycles. The molecule has 0 aliphatic carbocycles. The van der Waals surface area contributed by atoms with Crippen LogP contribution in [0, 0.1) is 13.8 Å². The fourth-order valence-electron chi connectivity index (χ4n) is 2.46. The molecule has 2 N–H and O–H groups in total. The van der Waals surface area contributed by atoms with Crippen molar-refractivity contribution in [1.29, 1.82) is 0 Å². The number of thiazole rings is 1. The van der Waals surface area contributed by atoms with Crippen molar-refractivity contribution >= 4 is 33.8 Å². The Hall–Kier alpha value is -2.67. The summed E-state index contributed by atoms with van der Waals surface area (Å²) in [7, 11) is 0. The molecule has 3 rings (SSSR count). The number of fused-ring (bicyclic) bond motifs is 1. The molecular formula is C17H18N4O2S. The maximum atomic E-state index is 12.0. The lowest BCUT2D eigenvalue weighted by molar-refractivity contribution is -0.123. The highest BCUT2D eigenvalue weighted by atomic mass is 32.1. The Morgan fingerprint density at radius 1 is 1.21 bits per heavy atom. The van der Waals surface area contributed by atoms with Gasteiger partial charge in [-0.15, -0.1) is 11.3 Å². The number of hydrogen-bond acceptors (Lipinski definition) is 4. The van der Waals surface area contributed by atoms with E-state index in [2.05, 4.69) is 15.6 Å². The van der Waals surface area contributed by atoms with E-state index >= 15 is 0 Å². The molecule has 0 fully saturated rings. The van der Waals surface area contributed by atoms with Gasteiger partial charge >= 0.3 is 0 Å². The van der Waals surface area contributed by atoms with Crippen LogP contribution in [0.3, 0.4) is 0 Å². The van der Waals surface area contributed by atoms with Gasteiger partial charge in [0.15, 0.2) is 4.96 Å². The summed E-state index contributed by atoms with van der Waals surface area (Å²) >= 11 is 1.51. The highest BCUT2D eigenvalue weighted by Gasteiger charge is 2.11. The third kappa shape index (κ3) is 3.62. The van der Waals surface area contributed by atoms with Gasteiger partial charge in [-0.3, -0.25) is 14.0 Å². The van der Waals surface area contributed by atoms with E-state index in [4.69, 9.17) is 0 Å². The van der Waals surface area contributed by atoms with Crippen molar-refractivity contribution in [2.24, 2.45) is 0 Å². The number of nitrogens with one attached hydrogen (secondary N) is 2. The minimum Gasteiger partial charge on any atom is -0.347 e. The average Bonchev–Trinajstić information content (AvgIpc) is 3.10. The molecule has 0 aliphatic heterocycles. The summed E-state index contributed by atoms with van der Waals surface area (Å²) < 4.78 is 1.88. The fraction of sp³-hybridized carbons (Fsp3) is 0.235. The van der Waals surface area contributed by atoms with Crippen LogP contribution in [0.2, 0.25) is 0 Å². The van der Waals surface area contributed by atoms with Gasteiger partial charge in [0, 0.05) is 23.5 Å². The van der Waals surface area contributed by atoms with Crippen LogP contribution in [0.4, 0.5) is 5.69 Å². The van der Waals surface area contributed by atoms with E-state index in [0.717, 1.165) is 21.8 Å². The van der Waals surface area contributed by atoms with E-state index in [1.54, 1.807) is 0 Å². The Kier molecular flexibility index (Phi) is 4.61. The SMILES string of the molecule is Cc1cccc(C)c1NC(=O)CNC(=O)Cc1cn2ccsc2n1. The van der Waals surface area contributed by atoms with E-state index in [-0.39, 0.29) is 24.8 Å². The zero-order valence-electron chi connectivity index (χ0n) is 13.5. The van der Waals surface area contributed by atoms with Crippen molar-refractivity contribution in [2.45, 2.75) is 20.3 Å². The molecule has 0 saturated carbocycles. The number of hydrogen-bond donors (Lipinski definition) is 2. The van der Waals surface area contributed by atoms with Crippen molar-refractivity contribution in [1.82, 2.24) is 14.7 Å². The number of anilines is 1. The minimum absolute atomic E-state index is 0.0607. The van der Waals surface area contributed by atoms with Crippen LogP contribution in [-0.4, -0.2) is 27.7 Å². The number of benzene rings is 1. The van der Waals surface area contributed by atoms with Crippen LogP contribution in [0.15, 0.2) is 36.0 Å². The van der Waals surface area contributed by atoms with E-state index in [0.29, 0.717) is 5.69 Å². The Labute approximate surface area is 143 Å². The molecule has 7 heteroatoms. The van der Waals surface area contributed by atoms with Gasteiger partial charge in [0.05, 0.1) is 18.7 Å². The van der Waals surface area contributed by atoms with Gasteiger partial charge < -0.3 is 10.6 Å². The zero-order valence-corrected chi connectivity index (χ0v) is 14.3. The first kappa shape index (κ1) is 16.2. The molecule has 124 valence electrons. The topological polar surface area (TPSA) is 75.5 Å². The van der Waals surface area contributed by atoms with Crippen LogP contribution in [-0.2, 0) is 16.0 Å². The second-order valence-corrected chi connectivity index (χ2v) is 6.47. The summed E-state index contributed by atoms with van der Waals surface area (Å²) in [4.78, 5) is 29.2. The molecule has 3 aromatic rings. The van der Waals surface area contributed by atoms with E-state index in [9.17, 15) is 9.59 Å². The van der Waals surface area contributed by atoms with Crippen LogP contribution < -0.4 is 10.6 Å². The zero-order chi connectivity index (χ0) is 17.1. The molecule has 0 saturated heterocycles. The molecule has 2 heterocycles. The first-order chi connectivity index (χ1) is 11.5.